The molecule has 1 aliphatic rings. The van der Waals surface area contributed by atoms with Crippen molar-refractivity contribution in [3.05, 3.63) is 115 Å². The van der Waals surface area contributed by atoms with E-state index in [9.17, 15) is 0 Å². The Morgan fingerprint density at radius 2 is 1.57 bits per heavy atom. The SMILES string of the molecule is C[Si](C)(C)c1cccc2oc3c(-c4ccc(C5CCCC5)cn4)[c-]ccc3c12.Cc1ccc(-c2[c-]cccc2)nc1.[Ir]. The Hall–Kier alpha value is -3.37. The van der Waals surface area contributed by atoms with Gasteiger partial charge in [-0.1, -0.05) is 85.0 Å². The van der Waals surface area contributed by atoms with Gasteiger partial charge in [0.1, 0.15) is 5.58 Å². The van der Waals surface area contributed by atoms with Gasteiger partial charge in [-0.2, -0.15) is 0 Å². The molecule has 1 aliphatic carbocycles. The maximum Gasteiger partial charge on any atom is 0.120 e. The van der Waals surface area contributed by atoms with E-state index in [0.29, 0.717) is 5.92 Å². The number of benzene rings is 3. The van der Waals surface area contributed by atoms with Crippen LogP contribution in [-0.2, 0) is 20.1 Å². The van der Waals surface area contributed by atoms with E-state index in [0.717, 1.165) is 33.7 Å². The molecule has 1 fully saturated rings. The Morgan fingerprint density at radius 3 is 2.24 bits per heavy atom. The fraction of sp³-hybridized carbons (Fsp3) is 0.243. The van der Waals surface area contributed by atoms with Crippen molar-refractivity contribution in [1.29, 1.82) is 0 Å². The monoisotopic (exact) mass is 745 g/mol. The first-order valence-electron chi connectivity index (χ1n) is 14.6. The Balaban J connectivity index is 0.000000212. The number of pyridine rings is 2. The molecule has 3 aromatic carbocycles. The van der Waals surface area contributed by atoms with E-state index >= 15 is 0 Å². The van der Waals surface area contributed by atoms with Crippen LogP contribution in [0.15, 0.2) is 95.7 Å². The Morgan fingerprint density at radius 1 is 0.786 bits per heavy atom. The summed E-state index contributed by atoms with van der Waals surface area (Å²) in [7, 11) is -1.48. The van der Waals surface area contributed by atoms with E-state index in [1.807, 2.05) is 49.5 Å². The number of hydrogen-bond donors (Lipinski definition) is 0. The summed E-state index contributed by atoms with van der Waals surface area (Å²) in [5, 5.41) is 3.91. The van der Waals surface area contributed by atoms with Crippen molar-refractivity contribution >= 4 is 35.2 Å². The summed E-state index contributed by atoms with van der Waals surface area (Å²) in [6.45, 7) is 9.20. The van der Waals surface area contributed by atoms with E-state index in [4.69, 9.17) is 9.40 Å². The molecule has 215 valence electrons. The van der Waals surface area contributed by atoms with Gasteiger partial charge in [-0.05, 0) is 54.3 Å². The molecule has 0 amide bonds. The number of aromatic nitrogens is 2. The van der Waals surface area contributed by atoms with Crippen molar-refractivity contribution in [1.82, 2.24) is 9.97 Å². The largest absolute Gasteiger partial charge is 0.501 e. The molecule has 0 N–H and O–H groups in total. The summed E-state index contributed by atoms with van der Waals surface area (Å²) < 4.78 is 6.35. The van der Waals surface area contributed by atoms with Crippen LogP contribution < -0.4 is 5.19 Å². The fourth-order valence-electron chi connectivity index (χ4n) is 5.84. The van der Waals surface area contributed by atoms with Crippen LogP contribution in [0, 0.1) is 19.1 Å². The molecule has 7 rings (SSSR count). The van der Waals surface area contributed by atoms with Gasteiger partial charge in [-0.25, -0.2) is 0 Å². The maximum absolute atomic E-state index is 6.35. The first-order chi connectivity index (χ1) is 19.9. The van der Waals surface area contributed by atoms with Crippen LogP contribution in [0.5, 0.6) is 0 Å². The molecule has 42 heavy (non-hydrogen) atoms. The van der Waals surface area contributed by atoms with Crippen molar-refractivity contribution in [2.24, 2.45) is 0 Å². The van der Waals surface area contributed by atoms with Crippen LogP contribution >= 0.6 is 0 Å². The van der Waals surface area contributed by atoms with Crippen molar-refractivity contribution in [2.45, 2.75) is 58.2 Å². The van der Waals surface area contributed by atoms with E-state index < -0.39 is 8.07 Å². The minimum absolute atomic E-state index is 0. The van der Waals surface area contributed by atoms with Gasteiger partial charge in [-0.3, -0.25) is 0 Å². The molecule has 1 saturated carbocycles. The molecule has 0 unspecified atom stereocenters. The Labute approximate surface area is 263 Å². The van der Waals surface area contributed by atoms with Gasteiger partial charge in [-0.15, -0.1) is 54.1 Å². The molecular weight excluding hydrogens is 709 g/mol. The molecular formula is C37H36IrN2OSi-2. The number of hydrogen-bond acceptors (Lipinski definition) is 3. The second kappa shape index (κ2) is 12.9. The predicted octanol–water partition coefficient (Wildman–Crippen LogP) is 9.51. The minimum atomic E-state index is -1.48. The molecule has 5 heteroatoms. The standard InChI is InChI=1S/C25H26NOSi.C12H10N.Ir/c1-28(2,3)23-13-7-12-22-24(23)20-11-6-10-19(25(20)27-22)21-15-14-18(16-26-21)17-8-4-5-9-17;1-10-7-8-12(13-9-10)11-5-3-2-4-6-11;/h6-7,11-17H,4-5,8-9H2,1-3H3;2-5,7-9H,1H3;/q2*-1;. The predicted molar refractivity (Wildman–Crippen MR) is 173 cm³/mol. The fourth-order valence-corrected chi connectivity index (χ4v) is 7.44. The third-order valence-corrected chi connectivity index (χ3v) is 10.1. The molecule has 0 spiro atoms. The summed E-state index contributed by atoms with van der Waals surface area (Å²) >= 11 is 0. The van der Waals surface area contributed by atoms with Crippen molar-refractivity contribution in [3.8, 4) is 22.5 Å². The first kappa shape index (κ1) is 30.1. The van der Waals surface area contributed by atoms with Crippen LogP contribution in [0.1, 0.15) is 42.7 Å². The summed E-state index contributed by atoms with van der Waals surface area (Å²) in [4.78, 5) is 9.12. The zero-order valence-electron chi connectivity index (χ0n) is 24.7. The number of aryl methyl sites for hydroxylation is 1. The molecule has 0 atom stereocenters. The molecule has 0 aliphatic heterocycles. The Bertz CT molecular complexity index is 1770. The van der Waals surface area contributed by atoms with Crippen molar-refractivity contribution in [3.63, 3.8) is 0 Å². The van der Waals surface area contributed by atoms with Gasteiger partial charge in [0.2, 0.25) is 0 Å². The van der Waals surface area contributed by atoms with Crippen LogP contribution in [-0.4, -0.2) is 18.0 Å². The molecule has 1 radical (unpaired) electrons. The maximum atomic E-state index is 6.35. The average Bonchev–Trinajstić information content (AvgIpc) is 3.67. The summed E-state index contributed by atoms with van der Waals surface area (Å²) in [6, 6.07) is 33.5. The number of rotatable bonds is 4. The van der Waals surface area contributed by atoms with Crippen molar-refractivity contribution in [2.75, 3.05) is 0 Å². The summed E-state index contributed by atoms with van der Waals surface area (Å²) in [6.07, 6.45) is 9.22. The average molecular weight is 745 g/mol. The van der Waals surface area contributed by atoms with Gasteiger partial charge in [0.05, 0.1) is 13.7 Å². The topological polar surface area (TPSA) is 38.9 Å². The normalized spacial score (nSPS) is 13.5. The van der Waals surface area contributed by atoms with E-state index in [1.165, 1.54) is 52.8 Å². The molecule has 3 heterocycles. The number of nitrogens with zero attached hydrogens (tertiary/aromatic N) is 2. The third kappa shape index (κ3) is 6.34. The van der Waals surface area contributed by atoms with Gasteiger partial charge >= 0.3 is 0 Å². The quantitative estimate of drug-likeness (QED) is 0.133. The van der Waals surface area contributed by atoms with Gasteiger partial charge in [0.15, 0.2) is 0 Å². The van der Waals surface area contributed by atoms with Gasteiger partial charge in [0, 0.05) is 37.9 Å². The van der Waals surface area contributed by atoms with Gasteiger partial charge in [0.25, 0.3) is 0 Å². The second-order valence-electron chi connectivity index (χ2n) is 12.1. The van der Waals surface area contributed by atoms with E-state index in [-0.39, 0.29) is 20.1 Å². The second-order valence-corrected chi connectivity index (χ2v) is 17.1. The number of fused-ring (bicyclic) bond motifs is 3. The van der Waals surface area contributed by atoms with E-state index in [2.05, 4.69) is 85.4 Å². The first-order valence-corrected chi connectivity index (χ1v) is 18.1. The molecule has 3 aromatic heterocycles. The van der Waals surface area contributed by atoms with Crippen LogP contribution in [0.3, 0.4) is 0 Å². The molecule has 0 bridgehead atoms. The van der Waals surface area contributed by atoms with Crippen LogP contribution in [0.2, 0.25) is 19.6 Å². The molecule has 6 aromatic rings. The summed E-state index contributed by atoms with van der Waals surface area (Å²) in [5.74, 6) is 0.687. The van der Waals surface area contributed by atoms with E-state index in [1.54, 1.807) is 0 Å². The van der Waals surface area contributed by atoms with Crippen LogP contribution in [0.25, 0.3) is 44.5 Å². The van der Waals surface area contributed by atoms with Crippen LogP contribution in [0.4, 0.5) is 0 Å². The van der Waals surface area contributed by atoms with Gasteiger partial charge < -0.3 is 14.4 Å². The molecule has 0 saturated heterocycles. The molecule has 3 nitrogen and oxygen atoms in total. The zero-order chi connectivity index (χ0) is 28.4. The number of furan rings is 1. The summed E-state index contributed by atoms with van der Waals surface area (Å²) in [5.41, 5.74) is 8.37. The Kier molecular flexibility index (Phi) is 9.22. The zero-order valence-corrected chi connectivity index (χ0v) is 28.1. The smallest absolute Gasteiger partial charge is 0.120 e. The minimum Gasteiger partial charge on any atom is -0.501 e. The third-order valence-electron chi connectivity index (χ3n) is 8.03. The van der Waals surface area contributed by atoms with Crippen molar-refractivity contribution < 1.29 is 24.5 Å².